The zero-order chi connectivity index (χ0) is 14.0. The van der Waals surface area contributed by atoms with E-state index < -0.39 is 0 Å². The summed E-state index contributed by atoms with van der Waals surface area (Å²) >= 11 is 6.93. The van der Waals surface area contributed by atoms with Gasteiger partial charge in [0.05, 0.1) is 21.9 Å². The van der Waals surface area contributed by atoms with Crippen LogP contribution in [0.15, 0.2) is 25.7 Å². The van der Waals surface area contributed by atoms with E-state index in [4.69, 9.17) is 10.2 Å². The molecule has 0 spiro atoms. The van der Waals surface area contributed by atoms with Crippen molar-refractivity contribution in [3.8, 4) is 0 Å². The predicted molar refractivity (Wildman–Crippen MR) is 82.0 cm³/mol. The molecule has 6 heteroatoms. The van der Waals surface area contributed by atoms with Crippen LogP contribution in [0.5, 0.6) is 0 Å². The molecule has 0 bridgehead atoms. The normalized spacial score (nSPS) is 12.9. The average molecular weight is 391 g/mol. The highest BCUT2D eigenvalue weighted by Gasteiger charge is 2.19. The van der Waals surface area contributed by atoms with Gasteiger partial charge < -0.3 is 10.2 Å². The number of hydrogen-bond donors (Lipinski definition) is 1. The van der Waals surface area contributed by atoms with Crippen LogP contribution >= 0.6 is 31.9 Å². The smallest absolute Gasteiger partial charge is 0.169 e. The van der Waals surface area contributed by atoms with Crippen LogP contribution in [-0.2, 0) is 19.4 Å². The highest BCUT2D eigenvalue weighted by Crippen LogP contribution is 2.27. The molecule has 2 aromatic rings. The summed E-state index contributed by atoms with van der Waals surface area (Å²) in [5, 5.41) is 4.57. The molecule has 1 unspecified atom stereocenters. The second kappa shape index (κ2) is 6.24. The van der Waals surface area contributed by atoms with E-state index in [1.165, 1.54) is 0 Å². The largest absolute Gasteiger partial charge is 0.453 e. The van der Waals surface area contributed by atoms with Crippen LogP contribution in [-0.4, -0.2) is 9.78 Å². The molecule has 2 N–H and O–H groups in total. The molecule has 0 saturated heterocycles. The van der Waals surface area contributed by atoms with Crippen molar-refractivity contribution in [1.82, 2.24) is 9.78 Å². The molecule has 0 radical (unpaired) electrons. The molecular formula is C13H17Br2N3O. The van der Waals surface area contributed by atoms with Crippen molar-refractivity contribution in [2.75, 3.05) is 0 Å². The molecule has 19 heavy (non-hydrogen) atoms. The molecule has 0 fully saturated rings. The monoisotopic (exact) mass is 389 g/mol. The minimum Gasteiger partial charge on any atom is -0.453 e. The molecule has 0 aliphatic rings. The molecular weight excluding hydrogens is 374 g/mol. The third-order valence-corrected chi connectivity index (χ3v) is 4.41. The third-order valence-electron chi connectivity index (χ3n) is 3.07. The summed E-state index contributed by atoms with van der Waals surface area (Å²) in [5.74, 6) is 0.778. The van der Waals surface area contributed by atoms with E-state index in [0.29, 0.717) is 11.1 Å². The fourth-order valence-electron chi connectivity index (χ4n) is 2.05. The summed E-state index contributed by atoms with van der Waals surface area (Å²) < 4.78 is 9.28. The van der Waals surface area contributed by atoms with Crippen molar-refractivity contribution in [3.05, 3.63) is 38.4 Å². The molecule has 0 amide bonds. The van der Waals surface area contributed by atoms with E-state index in [1.807, 2.05) is 16.8 Å². The van der Waals surface area contributed by atoms with Gasteiger partial charge in [0.1, 0.15) is 5.76 Å². The van der Waals surface area contributed by atoms with Gasteiger partial charge in [-0.3, -0.25) is 4.68 Å². The zero-order valence-corrected chi connectivity index (χ0v) is 14.2. The first-order valence-corrected chi connectivity index (χ1v) is 7.90. The zero-order valence-electron chi connectivity index (χ0n) is 11.0. The first-order valence-electron chi connectivity index (χ1n) is 6.31. The van der Waals surface area contributed by atoms with Crippen molar-refractivity contribution in [1.29, 1.82) is 0 Å². The lowest BCUT2D eigenvalue weighted by Crippen LogP contribution is -2.15. The van der Waals surface area contributed by atoms with Crippen molar-refractivity contribution in [3.63, 3.8) is 0 Å². The third kappa shape index (κ3) is 3.12. The minimum absolute atomic E-state index is 0.172. The number of aryl methyl sites for hydroxylation is 2. The summed E-state index contributed by atoms with van der Waals surface area (Å²) in [5.41, 5.74) is 8.41. The molecule has 1 atom stereocenters. The van der Waals surface area contributed by atoms with E-state index in [-0.39, 0.29) is 6.04 Å². The fraction of sp³-hybridized carbons (Fsp3) is 0.462. The molecule has 104 valence electrons. The highest BCUT2D eigenvalue weighted by atomic mass is 79.9. The molecule has 0 saturated carbocycles. The van der Waals surface area contributed by atoms with Gasteiger partial charge in [-0.15, -0.1) is 0 Å². The van der Waals surface area contributed by atoms with Crippen molar-refractivity contribution in [2.45, 2.75) is 39.3 Å². The van der Waals surface area contributed by atoms with Crippen LogP contribution in [0.25, 0.3) is 0 Å². The second-order valence-corrected chi connectivity index (χ2v) is 5.90. The van der Waals surface area contributed by atoms with Crippen LogP contribution in [0.3, 0.4) is 0 Å². The highest BCUT2D eigenvalue weighted by molar-refractivity contribution is 9.10. The Bertz CT molecular complexity index is 562. The van der Waals surface area contributed by atoms with Crippen LogP contribution in [0.1, 0.15) is 37.0 Å². The standard InChI is InChI=1S/C13H17Br2N3O/c1-3-9-13(15)10(18(4-2)17-9)7-8(16)11-5-6-12(14)19-11/h5-6,8H,3-4,7,16H2,1-2H3. The maximum absolute atomic E-state index is 6.21. The van der Waals surface area contributed by atoms with E-state index >= 15 is 0 Å². The quantitative estimate of drug-likeness (QED) is 0.843. The molecule has 2 aromatic heterocycles. The van der Waals surface area contributed by atoms with Crippen LogP contribution in [0.2, 0.25) is 0 Å². The summed E-state index contributed by atoms with van der Waals surface area (Å²) in [6, 6.07) is 3.59. The predicted octanol–water partition coefficient (Wildman–Crippen LogP) is 3.83. The van der Waals surface area contributed by atoms with Gasteiger partial charge in [0.25, 0.3) is 0 Å². The lowest BCUT2D eigenvalue weighted by atomic mass is 10.1. The SMILES string of the molecule is CCc1nn(CC)c(CC(N)c2ccc(Br)o2)c1Br. The molecule has 2 rings (SSSR count). The Labute approximate surface area is 129 Å². The van der Waals surface area contributed by atoms with Gasteiger partial charge in [-0.1, -0.05) is 6.92 Å². The van der Waals surface area contributed by atoms with E-state index in [1.54, 1.807) is 0 Å². The second-order valence-electron chi connectivity index (χ2n) is 4.33. The lowest BCUT2D eigenvalue weighted by molar-refractivity contribution is 0.441. The van der Waals surface area contributed by atoms with Gasteiger partial charge in [-0.05, 0) is 57.3 Å². The summed E-state index contributed by atoms with van der Waals surface area (Å²) in [6.07, 6.45) is 1.60. The minimum atomic E-state index is -0.172. The van der Waals surface area contributed by atoms with Gasteiger partial charge in [0, 0.05) is 13.0 Å². The number of nitrogens with two attached hydrogens (primary N) is 1. The Hall–Kier alpha value is -0.590. The first kappa shape index (κ1) is 14.8. The number of rotatable bonds is 5. The number of halogens is 2. The maximum atomic E-state index is 6.21. The average Bonchev–Trinajstić information content (AvgIpc) is 2.95. The fourth-order valence-corrected chi connectivity index (χ4v) is 3.09. The van der Waals surface area contributed by atoms with E-state index in [9.17, 15) is 0 Å². The Morgan fingerprint density at radius 1 is 1.37 bits per heavy atom. The summed E-state index contributed by atoms with van der Waals surface area (Å²) in [4.78, 5) is 0. The number of nitrogens with zero attached hydrogens (tertiary/aromatic N) is 2. The van der Waals surface area contributed by atoms with Crippen molar-refractivity contribution >= 4 is 31.9 Å². The Morgan fingerprint density at radius 2 is 2.11 bits per heavy atom. The number of hydrogen-bond acceptors (Lipinski definition) is 3. The van der Waals surface area contributed by atoms with Gasteiger partial charge in [-0.25, -0.2) is 0 Å². The number of aromatic nitrogens is 2. The van der Waals surface area contributed by atoms with Gasteiger partial charge in [-0.2, -0.15) is 5.10 Å². The van der Waals surface area contributed by atoms with Gasteiger partial charge >= 0.3 is 0 Å². The first-order chi connectivity index (χ1) is 9.06. The Kier molecular flexibility index (Phi) is 4.86. The summed E-state index contributed by atoms with van der Waals surface area (Å²) in [7, 11) is 0. The van der Waals surface area contributed by atoms with Gasteiger partial charge in [0.15, 0.2) is 4.67 Å². The van der Waals surface area contributed by atoms with Crippen molar-refractivity contribution in [2.24, 2.45) is 5.73 Å². The Balaban J connectivity index is 2.25. The lowest BCUT2D eigenvalue weighted by Gasteiger charge is -2.10. The van der Waals surface area contributed by atoms with Crippen molar-refractivity contribution < 1.29 is 4.42 Å². The molecule has 0 aliphatic heterocycles. The van der Waals surface area contributed by atoms with Gasteiger partial charge in [0.2, 0.25) is 0 Å². The molecule has 0 aliphatic carbocycles. The van der Waals surface area contributed by atoms with Crippen LogP contribution < -0.4 is 5.73 Å². The topological polar surface area (TPSA) is 57.0 Å². The van der Waals surface area contributed by atoms with Crippen LogP contribution in [0, 0.1) is 0 Å². The molecule has 4 nitrogen and oxygen atoms in total. The molecule has 2 heterocycles. The van der Waals surface area contributed by atoms with E-state index in [0.717, 1.165) is 34.6 Å². The van der Waals surface area contributed by atoms with Crippen LogP contribution in [0.4, 0.5) is 0 Å². The Morgan fingerprint density at radius 3 is 2.63 bits per heavy atom. The molecule has 0 aromatic carbocycles. The summed E-state index contributed by atoms with van der Waals surface area (Å²) in [6.45, 7) is 5.01. The maximum Gasteiger partial charge on any atom is 0.169 e. The number of furan rings is 1. The van der Waals surface area contributed by atoms with E-state index in [2.05, 4.69) is 50.8 Å².